The van der Waals surface area contributed by atoms with Gasteiger partial charge in [-0.15, -0.1) is 6.42 Å². The Kier molecular flexibility index (Phi) is 8.38. The number of rotatable bonds is 7. The summed E-state index contributed by atoms with van der Waals surface area (Å²) in [5.41, 5.74) is 5.33. The quantitative estimate of drug-likeness (QED) is 0.448. The first kappa shape index (κ1) is 12.0. The molecule has 0 rings (SSSR count). The Balaban J connectivity index is 3.13. The lowest BCUT2D eigenvalue weighted by Gasteiger charge is -2.00. The van der Waals surface area contributed by atoms with Gasteiger partial charge in [0.15, 0.2) is 0 Å². The summed E-state index contributed by atoms with van der Waals surface area (Å²) in [6, 6.07) is 0. The van der Waals surface area contributed by atoms with Gasteiger partial charge in [-0.2, -0.15) is 0 Å². The maximum atomic E-state index is 11.0. The highest BCUT2D eigenvalue weighted by Gasteiger charge is 1.98. The van der Waals surface area contributed by atoms with Crippen LogP contribution in [0.5, 0.6) is 0 Å². The largest absolute Gasteiger partial charge is 0.345 e. The molecule has 0 aromatic rings. The number of unbranched alkanes of at least 4 members (excludes halogenated alkanes) is 3. The molecule has 0 spiro atoms. The summed E-state index contributed by atoms with van der Waals surface area (Å²) in [4.78, 5) is 11.0. The van der Waals surface area contributed by atoms with Gasteiger partial charge < -0.3 is 11.1 Å². The van der Waals surface area contributed by atoms with Crippen molar-refractivity contribution in [2.75, 3.05) is 13.1 Å². The predicted octanol–water partition coefficient (Wildman–Crippen LogP) is 0.645. The minimum atomic E-state index is 0.0469. The minimum Gasteiger partial charge on any atom is -0.345 e. The van der Waals surface area contributed by atoms with Crippen LogP contribution in [0.15, 0.2) is 0 Å². The molecule has 0 bridgehead atoms. The van der Waals surface area contributed by atoms with E-state index in [-0.39, 0.29) is 5.91 Å². The van der Waals surface area contributed by atoms with E-state index in [1.165, 1.54) is 0 Å². The van der Waals surface area contributed by atoms with Crippen molar-refractivity contribution in [3.05, 3.63) is 0 Å². The molecule has 13 heavy (non-hydrogen) atoms. The van der Waals surface area contributed by atoms with Crippen LogP contribution < -0.4 is 11.1 Å². The number of carbonyl (C=O) groups excluding carboxylic acids is 1. The van der Waals surface area contributed by atoms with Gasteiger partial charge >= 0.3 is 0 Å². The number of terminal acetylenes is 1. The van der Waals surface area contributed by atoms with Crippen molar-refractivity contribution in [2.24, 2.45) is 5.73 Å². The summed E-state index contributed by atoms with van der Waals surface area (Å²) >= 11 is 0. The van der Waals surface area contributed by atoms with E-state index in [0.29, 0.717) is 13.0 Å². The molecule has 0 aromatic carbocycles. The van der Waals surface area contributed by atoms with E-state index in [2.05, 4.69) is 11.2 Å². The Morgan fingerprint density at radius 1 is 1.31 bits per heavy atom. The van der Waals surface area contributed by atoms with E-state index in [1.807, 2.05) is 0 Å². The van der Waals surface area contributed by atoms with Gasteiger partial charge in [-0.05, 0) is 19.4 Å². The molecule has 0 fully saturated rings. The van der Waals surface area contributed by atoms with Gasteiger partial charge in [-0.25, -0.2) is 0 Å². The molecule has 0 saturated carbocycles. The SMILES string of the molecule is C#CCNC(=O)CCCCCCN. The maximum absolute atomic E-state index is 11.0. The van der Waals surface area contributed by atoms with Crippen molar-refractivity contribution in [1.82, 2.24) is 5.32 Å². The van der Waals surface area contributed by atoms with Gasteiger partial charge in [0.05, 0.1) is 6.54 Å². The fourth-order valence-electron chi connectivity index (χ4n) is 1.02. The zero-order valence-corrected chi connectivity index (χ0v) is 8.01. The second kappa shape index (κ2) is 9.08. The first-order valence-corrected chi connectivity index (χ1v) is 4.71. The summed E-state index contributed by atoms with van der Waals surface area (Å²) < 4.78 is 0. The van der Waals surface area contributed by atoms with E-state index in [0.717, 1.165) is 32.2 Å². The third kappa shape index (κ3) is 8.90. The number of carbonyl (C=O) groups is 1. The van der Waals surface area contributed by atoms with Crippen molar-refractivity contribution in [3.8, 4) is 12.3 Å². The van der Waals surface area contributed by atoms with Crippen LogP contribution in [-0.4, -0.2) is 19.0 Å². The number of hydrogen-bond donors (Lipinski definition) is 2. The van der Waals surface area contributed by atoms with Crippen LogP contribution in [0.1, 0.15) is 32.1 Å². The lowest BCUT2D eigenvalue weighted by molar-refractivity contribution is -0.120. The van der Waals surface area contributed by atoms with Crippen molar-refractivity contribution >= 4 is 5.91 Å². The van der Waals surface area contributed by atoms with Crippen molar-refractivity contribution in [2.45, 2.75) is 32.1 Å². The Morgan fingerprint density at radius 2 is 2.00 bits per heavy atom. The van der Waals surface area contributed by atoms with Crippen molar-refractivity contribution < 1.29 is 4.79 Å². The van der Waals surface area contributed by atoms with Crippen LogP contribution >= 0.6 is 0 Å². The molecule has 0 aliphatic rings. The summed E-state index contributed by atoms with van der Waals surface area (Å²) in [6.45, 7) is 1.07. The Labute approximate surface area is 80.1 Å². The van der Waals surface area contributed by atoms with Crippen LogP contribution in [0.2, 0.25) is 0 Å². The monoisotopic (exact) mass is 182 g/mol. The first-order valence-electron chi connectivity index (χ1n) is 4.71. The Bertz CT molecular complexity index is 172. The molecule has 0 aliphatic carbocycles. The summed E-state index contributed by atoms with van der Waals surface area (Å²) in [5, 5.41) is 2.62. The normalized spacial score (nSPS) is 9.23. The Hall–Kier alpha value is -1.01. The third-order valence-electron chi connectivity index (χ3n) is 1.75. The molecule has 0 aromatic heterocycles. The second-order valence-corrected chi connectivity index (χ2v) is 2.93. The smallest absolute Gasteiger partial charge is 0.220 e. The molecule has 3 nitrogen and oxygen atoms in total. The highest BCUT2D eigenvalue weighted by molar-refractivity contribution is 5.76. The Morgan fingerprint density at radius 3 is 2.62 bits per heavy atom. The minimum absolute atomic E-state index is 0.0469. The van der Waals surface area contributed by atoms with Crippen LogP contribution in [-0.2, 0) is 4.79 Å². The summed E-state index contributed by atoms with van der Waals surface area (Å²) in [7, 11) is 0. The number of nitrogens with one attached hydrogen (secondary N) is 1. The van der Waals surface area contributed by atoms with Gasteiger partial charge in [0, 0.05) is 6.42 Å². The van der Waals surface area contributed by atoms with E-state index < -0.39 is 0 Å². The number of nitrogens with two attached hydrogens (primary N) is 1. The second-order valence-electron chi connectivity index (χ2n) is 2.93. The fourth-order valence-corrected chi connectivity index (χ4v) is 1.02. The molecule has 0 unspecified atom stereocenters. The molecular formula is C10H18N2O. The molecule has 1 amide bonds. The van der Waals surface area contributed by atoms with E-state index in [9.17, 15) is 4.79 Å². The molecule has 0 saturated heterocycles. The molecule has 0 heterocycles. The highest BCUT2D eigenvalue weighted by Crippen LogP contribution is 2.01. The van der Waals surface area contributed by atoms with Gasteiger partial charge in [-0.3, -0.25) is 4.79 Å². The molecule has 0 atom stereocenters. The lowest BCUT2D eigenvalue weighted by Crippen LogP contribution is -2.22. The average molecular weight is 182 g/mol. The molecule has 0 aliphatic heterocycles. The maximum Gasteiger partial charge on any atom is 0.220 e. The highest BCUT2D eigenvalue weighted by atomic mass is 16.1. The summed E-state index contributed by atoms with van der Waals surface area (Å²) in [5.74, 6) is 2.41. The number of hydrogen-bond acceptors (Lipinski definition) is 2. The van der Waals surface area contributed by atoms with Crippen LogP contribution in [0.4, 0.5) is 0 Å². The third-order valence-corrected chi connectivity index (χ3v) is 1.75. The van der Waals surface area contributed by atoms with Gasteiger partial charge in [-0.1, -0.05) is 18.8 Å². The van der Waals surface area contributed by atoms with Crippen molar-refractivity contribution in [1.29, 1.82) is 0 Å². The summed E-state index contributed by atoms with van der Waals surface area (Å²) in [6.07, 6.45) is 9.72. The van der Waals surface area contributed by atoms with E-state index in [4.69, 9.17) is 12.2 Å². The molecular weight excluding hydrogens is 164 g/mol. The lowest BCUT2D eigenvalue weighted by atomic mass is 10.1. The van der Waals surface area contributed by atoms with Crippen molar-refractivity contribution in [3.63, 3.8) is 0 Å². The van der Waals surface area contributed by atoms with E-state index >= 15 is 0 Å². The van der Waals surface area contributed by atoms with Crippen LogP contribution in [0, 0.1) is 12.3 Å². The number of amides is 1. The van der Waals surface area contributed by atoms with E-state index in [1.54, 1.807) is 0 Å². The standard InChI is InChI=1S/C10H18N2O/c1-2-9-12-10(13)7-5-3-4-6-8-11/h1H,3-9,11H2,(H,12,13). The van der Waals surface area contributed by atoms with Gasteiger partial charge in [0.25, 0.3) is 0 Å². The topological polar surface area (TPSA) is 55.1 Å². The molecule has 74 valence electrons. The predicted molar refractivity (Wildman–Crippen MR) is 54.0 cm³/mol. The zero-order chi connectivity index (χ0) is 9.94. The fraction of sp³-hybridized carbons (Fsp3) is 0.700. The first-order chi connectivity index (χ1) is 6.31. The van der Waals surface area contributed by atoms with Gasteiger partial charge in [0.2, 0.25) is 5.91 Å². The molecule has 3 heteroatoms. The van der Waals surface area contributed by atoms with Gasteiger partial charge in [0.1, 0.15) is 0 Å². The average Bonchev–Trinajstić information content (AvgIpc) is 2.14. The molecule has 3 N–H and O–H groups in total. The van der Waals surface area contributed by atoms with Crippen LogP contribution in [0.25, 0.3) is 0 Å². The van der Waals surface area contributed by atoms with Crippen LogP contribution in [0.3, 0.4) is 0 Å². The zero-order valence-electron chi connectivity index (χ0n) is 8.01. The molecule has 0 radical (unpaired) electrons.